The van der Waals surface area contributed by atoms with Gasteiger partial charge in [0, 0.05) is 6.42 Å². The highest BCUT2D eigenvalue weighted by atomic mass is 16.6. The average molecular weight is 532 g/mol. The van der Waals surface area contributed by atoms with E-state index >= 15 is 0 Å². The normalized spacial score (nSPS) is 19.9. The largest absolute Gasteiger partial charge is 0.478 e. The van der Waals surface area contributed by atoms with Gasteiger partial charge in [-0.2, -0.15) is 0 Å². The van der Waals surface area contributed by atoms with Crippen LogP contribution in [0.4, 0.5) is 0 Å². The van der Waals surface area contributed by atoms with E-state index in [0.29, 0.717) is 12.8 Å². The lowest BCUT2D eigenvalue weighted by molar-refractivity contribution is -0.209. The lowest BCUT2D eigenvalue weighted by Crippen LogP contribution is -2.71. The Balaban J connectivity index is 7.93. The molecular weight excluding hydrogens is 482 g/mol. The summed E-state index contributed by atoms with van der Waals surface area (Å²) in [7, 11) is 4.52. The van der Waals surface area contributed by atoms with Crippen molar-refractivity contribution in [3.05, 3.63) is 0 Å². The van der Waals surface area contributed by atoms with E-state index in [4.69, 9.17) is 4.74 Å². The van der Waals surface area contributed by atoms with Gasteiger partial charge >= 0.3 is 11.9 Å². The first-order valence-electron chi connectivity index (χ1n) is 13.1. The maximum atomic E-state index is 14.6. The van der Waals surface area contributed by atoms with Crippen molar-refractivity contribution in [1.82, 2.24) is 16.0 Å². The molecule has 0 heterocycles. The quantitative estimate of drug-likeness (QED) is 0.102. The molecule has 4 unspecified atom stereocenters. The molecule has 0 aliphatic carbocycles. The summed E-state index contributed by atoms with van der Waals surface area (Å²) in [5, 5.41) is 40.3. The van der Waals surface area contributed by atoms with Gasteiger partial charge in [-0.1, -0.05) is 33.6 Å². The molecule has 0 saturated heterocycles. The van der Waals surface area contributed by atoms with Crippen LogP contribution in [-0.4, -0.2) is 95.9 Å². The van der Waals surface area contributed by atoms with E-state index in [9.17, 15) is 34.5 Å². The zero-order valence-electron chi connectivity index (χ0n) is 23.9. The van der Waals surface area contributed by atoms with Crippen LogP contribution in [0.25, 0.3) is 0 Å². The summed E-state index contributed by atoms with van der Waals surface area (Å²) >= 11 is 0. The minimum Gasteiger partial charge on any atom is -0.478 e. The highest BCUT2D eigenvalue weighted by Gasteiger charge is 2.70. The number of carboxylic acids is 1. The van der Waals surface area contributed by atoms with Crippen molar-refractivity contribution in [2.24, 2.45) is 11.3 Å². The second-order valence-corrected chi connectivity index (χ2v) is 10.1. The molecule has 0 aliphatic heterocycles. The van der Waals surface area contributed by atoms with Crippen molar-refractivity contribution in [1.29, 1.82) is 0 Å². The second-order valence-electron chi connectivity index (χ2n) is 10.1. The number of Topliss-reactive ketones (excluding diaryl/α,β-unsaturated/α-hetero) is 2. The molecule has 0 saturated carbocycles. The Kier molecular flexibility index (Phi) is 14.7. The first-order valence-corrected chi connectivity index (χ1v) is 13.1. The minimum atomic E-state index is -2.81. The third-order valence-electron chi connectivity index (χ3n) is 7.17. The number of rotatable bonds is 19. The molecule has 0 spiro atoms. The molecule has 0 bridgehead atoms. The monoisotopic (exact) mass is 531 g/mol. The number of likely N-dealkylation sites (N-methyl/N-ethyl adjacent to an activating group) is 3. The Hall–Kier alpha value is -1.92. The molecule has 0 aromatic heterocycles. The molecule has 11 nitrogen and oxygen atoms in total. The molecule has 6 N–H and O–H groups in total. The highest BCUT2D eigenvalue weighted by Crippen LogP contribution is 2.47. The van der Waals surface area contributed by atoms with Crippen LogP contribution in [0.2, 0.25) is 0 Å². The summed E-state index contributed by atoms with van der Waals surface area (Å²) in [4.78, 5) is 55.4. The molecule has 0 fully saturated rings. The number of aliphatic carboxylic acids is 1. The number of carboxylic acid groups (broad SMARTS) is 1. The topological polar surface area (TPSA) is 174 Å². The van der Waals surface area contributed by atoms with Gasteiger partial charge in [0.15, 0.2) is 11.6 Å². The fourth-order valence-electron chi connectivity index (χ4n) is 4.91. The lowest BCUT2D eigenvalue weighted by atomic mass is 9.57. The minimum absolute atomic E-state index is 0.267. The number of aliphatic hydroxyl groups excluding tert-OH is 2. The smallest absolute Gasteiger partial charge is 0.349 e. The predicted octanol–water partition coefficient (Wildman–Crippen LogP) is 0.650. The summed E-state index contributed by atoms with van der Waals surface area (Å²) in [6.45, 7) is 9.54. The number of carbonyl (C=O) groups excluding carboxylic acids is 3. The fraction of sp³-hybridized carbons (Fsp3) is 0.846. The van der Waals surface area contributed by atoms with Crippen LogP contribution in [0.15, 0.2) is 0 Å². The lowest BCUT2D eigenvalue weighted by Gasteiger charge is -2.49. The third-order valence-corrected chi connectivity index (χ3v) is 7.17. The molecule has 11 heteroatoms. The molecule has 0 amide bonds. The number of aliphatic hydroxyl groups is 2. The Bertz CT molecular complexity index is 775. The average Bonchev–Trinajstić information content (AvgIpc) is 2.83. The van der Waals surface area contributed by atoms with E-state index in [2.05, 4.69) is 16.0 Å². The Labute approximate surface area is 221 Å². The van der Waals surface area contributed by atoms with Crippen molar-refractivity contribution in [2.75, 3.05) is 21.1 Å². The molecule has 8 atom stereocenters. The van der Waals surface area contributed by atoms with Gasteiger partial charge in [-0.15, -0.1) is 0 Å². The van der Waals surface area contributed by atoms with Crippen LogP contribution in [0.5, 0.6) is 0 Å². The van der Waals surface area contributed by atoms with Crippen molar-refractivity contribution in [3.8, 4) is 0 Å². The number of hydrogen-bond acceptors (Lipinski definition) is 10. The van der Waals surface area contributed by atoms with Crippen LogP contribution in [0.3, 0.4) is 0 Å². The number of nitrogens with one attached hydrogen (secondary N) is 3. The number of esters is 1. The van der Waals surface area contributed by atoms with Crippen molar-refractivity contribution >= 4 is 23.5 Å². The van der Waals surface area contributed by atoms with Crippen molar-refractivity contribution in [3.63, 3.8) is 0 Å². The Morgan fingerprint density at radius 3 is 1.73 bits per heavy atom. The summed E-state index contributed by atoms with van der Waals surface area (Å²) in [5.41, 5.74) is -5.34. The molecular formula is C26H49N3O8. The van der Waals surface area contributed by atoms with Crippen LogP contribution >= 0.6 is 0 Å². The van der Waals surface area contributed by atoms with Gasteiger partial charge in [-0.25, -0.2) is 4.79 Å². The zero-order valence-corrected chi connectivity index (χ0v) is 23.9. The molecule has 37 heavy (non-hydrogen) atoms. The van der Waals surface area contributed by atoms with Gasteiger partial charge in [0.2, 0.25) is 5.60 Å². The fourth-order valence-corrected chi connectivity index (χ4v) is 4.91. The summed E-state index contributed by atoms with van der Waals surface area (Å²) in [6, 6.07) is -2.96. The maximum absolute atomic E-state index is 14.6. The highest BCUT2D eigenvalue weighted by molar-refractivity contribution is 6.16. The second kappa shape index (κ2) is 15.5. The molecule has 0 rings (SSSR count). The molecule has 0 aromatic carbocycles. The summed E-state index contributed by atoms with van der Waals surface area (Å²) < 4.78 is 5.68. The number of carbonyl (C=O) groups is 4. The Morgan fingerprint density at radius 1 is 0.838 bits per heavy atom. The standard InChI is InChI=1S/C26H49N3O8/c1-10-12-19(28-8)21(32)25(13-16(4)30,22(33)20(29-9)15(3)11-2)26(24(35)36,14-17(5)31)37-23(34)18(6)27-7/h15-20,27-31H,10-14H2,1-9H3,(H,35,36)/t15-,16?,17?,18+,19+,20-,25?,26?/m0/s1. The molecule has 0 aromatic rings. The molecule has 0 radical (unpaired) electrons. The predicted molar refractivity (Wildman–Crippen MR) is 140 cm³/mol. The van der Waals surface area contributed by atoms with E-state index in [1.165, 1.54) is 41.9 Å². The Morgan fingerprint density at radius 2 is 1.38 bits per heavy atom. The van der Waals surface area contributed by atoms with Crippen LogP contribution in [-0.2, 0) is 23.9 Å². The number of hydrogen-bond donors (Lipinski definition) is 6. The molecule has 0 aliphatic rings. The van der Waals surface area contributed by atoms with Gasteiger partial charge in [-0.05, 0) is 60.7 Å². The number of ketones is 2. The SMILES string of the molecule is CCC[C@@H](NC)C(=O)C(CC(C)O)(C(=O)[C@@H](NC)[C@@H](C)CC)C(CC(C)O)(OC(=O)[C@@H](C)NC)C(=O)O. The maximum Gasteiger partial charge on any atom is 0.349 e. The van der Waals surface area contributed by atoms with Crippen LogP contribution < -0.4 is 16.0 Å². The van der Waals surface area contributed by atoms with E-state index in [1.54, 1.807) is 6.92 Å². The van der Waals surface area contributed by atoms with Crippen LogP contribution in [0.1, 0.15) is 73.6 Å². The zero-order chi connectivity index (χ0) is 29.1. The first-order chi connectivity index (χ1) is 17.2. The van der Waals surface area contributed by atoms with E-state index < -0.39 is 77.7 Å². The van der Waals surface area contributed by atoms with Gasteiger partial charge in [0.1, 0.15) is 11.5 Å². The van der Waals surface area contributed by atoms with Crippen LogP contribution in [0, 0.1) is 11.3 Å². The van der Waals surface area contributed by atoms with E-state index in [-0.39, 0.29) is 12.3 Å². The molecule has 216 valence electrons. The van der Waals surface area contributed by atoms with E-state index in [1.807, 2.05) is 13.8 Å². The van der Waals surface area contributed by atoms with Gasteiger partial charge in [0.25, 0.3) is 0 Å². The van der Waals surface area contributed by atoms with Crippen molar-refractivity contribution in [2.45, 2.75) is 110 Å². The summed E-state index contributed by atoms with van der Waals surface area (Å²) in [6.07, 6.45) is -2.75. The van der Waals surface area contributed by atoms with E-state index in [0.717, 1.165) is 0 Å². The first kappa shape index (κ1) is 35.1. The van der Waals surface area contributed by atoms with Gasteiger partial charge in [0.05, 0.1) is 24.3 Å². The number of ether oxygens (including phenoxy) is 1. The van der Waals surface area contributed by atoms with Crippen molar-refractivity contribution < 1.29 is 39.2 Å². The van der Waals surface area contributed by atoms with Gasteiger partial charge < -0.3 is 36.0 Å². The summed E-state index contributed by atoms with van der Waals surface area (Å²) in [5.74, 6) is -4.71. The van der Waals surface area contributed by atoms with Gasteiger partial charge in [-0.3, -0.25) is 14.4 Å². The third kappa shape index (κ3) is 7.79.